The van der Waals surface area contributed by atoms with Gasteiger partial charge in [0.1, 0.15) is 5.82 Å². The molecule has 1 aliphatic rings. The maximum absolute atomic E-state index is 13.4. The molecule has 1 nitrogen and oxygen atoms in total. The Morgan fingerprint density at radius 1 is 0.947 bits per heavy atom. The number of hydrogen-bond donors (Lipinski definition) is 1. The van der Waals surface area contributed by atoms with Crippen molar-refractivity contribution in [1.82, 2.24) is 0 Å². The minimum absolute atomic E-state index is 0.0920. The van der Waals surface area contributed by atoms with Gasteiger partial charge in [0.2, 0.25) is 0 Å². The second-order valence-corrected chi connectivity index (χ2v) is 6.26. The fraction of sp³-hybridized carbons (Fsp3) is 0.294. The summed E-state index contributed by atoms with van der Waals surface area (Å²) in [5.74, 6) is -0.224. The second kappa shape index (κ2) is 3.91. The van der Waals surface area contributed by atoms with E-state index in [0.29, 0.717) is 0 Å². The first-order valence-corrected chi connectivity index (χ1v) is 6.58. The smallest absolute Gasteiger partial charge is 0.123 e. The molecule has 0 amide bonds. The molecule has 0 bridgehead atoms. The summed E-state index contributed by atoms with van der Waals surface area (Å²) in [4.78, 5) is 0. The highest BCUT2D eigenvalue weighted by molar-refractivity contribution is 5.79. The Labute approximate surface area is 113 Å². The van der Waals surface area contributed by atoms with Crippen LogP contribution in [0.5, 0.6) is 0 Å². The highest BCUT2D eigenvalue weighted by Crippen LogP contribution is 2.43. The molecule has 2 aromatic carbocycles. The monoisotopic (exact) mass is 255 g/mol. The molecule has 2 aromatic rings. The summed E-state index contributed by atoms with van der Waals surface area (Å²) in [6, 6.07) is 11.1. The Kier molecular flexibility index (Phi) is 2.55. The average molecular weight is 255 g/mol. The van der Waals surface area contributed by atoms with Crippen LogP contribution in [0.15, 0.2) is 36.4 Å². The summed E-state index contributed by atoms with van der Waals surface area (Å²) in [6.07, 6.45) is 0. The van der Waals surface area contributed by atoms with Gasteiger partial charge in [-0.05, 0) is 45.4 Å². The first kappa shape index (κ1) is 12.4. The highest BCUT2D eigenvalue weighted by Gasteiger charge is 2.27. The third kappa shape index (κ3) is 1.87. The van der Waals surface area contributed by atoms with Gasteiger partial charge >= 0.3 is 0 Å². The molecule has 0 fully saturated rings. The van der Waals surface area contributed by atoms with E-state index in [1.165, 1.54) is 11.6 Å². The van der Waals surface area contributed by atoms with E-state index in [1.807, 2.05) is 6.07 Å². The Morgan fingerprint density at radius 3 is 2.16 bits per heavy atom. The van der Waals surface area contributed by atoms with Crippen LogP contribution in [0, 0.1) is 5.82 Å². The molecule has 1 unspecified atom stereocenters. The Balaban J connectivity index is 2.19. The van der Waals surface area contributed by atoms with Gasteiger partial charge in [-0.2, -0.15) is 0 Å². The van der Waals surface area contributed by atoms with E-state index < -0.39 is 0 Å². The number of hydrogen-bond acceptors (Lipinski definition) is 1. The molecule has 0 saturated carbocycles. The lowest BCUT2D eigenvalue weighted by molar-refractivity contribution is 0.589. The number of nitrogens with two attached hydrogens (primary N) is 1. The van der Waals surface area contributed by atoms with Crippen molar-refractivity contribution in [3.63, 3.8) is 0 Å². The molecular formula is C17H18FN. The first-order valence-electron chi connectivity index (χ1n) is 6.58. The van der Waals surface area contributed by atoms with Gasteiger partial charge in [0.15, 0.2) is 0 Å². The summed E-state index contributed by atoms with van der Waals surface area (Å²) in [5.41, 5.74) is 11.8. The SMILES string of the molecule is CC(C)(C)c1ccc2c(c1)C(N)c1cc(F)ccc1-2. The fourth-order valence-electron chi connectivity index (χ4n) is 2.74. The van der Waals surface area contributed by atoms with E-state index in [1.54, 1.807) is 6.07 Å². The van der Waals surface area contributed by atoms with E-state index >= 15 is 0 Å². The molecule has 98 valence electrons. The van der Waals surface area contributed by atoms with Crippen molar-refractivity contribution in [3.8, 4) is 11.1 Å². The number of benzene rings is 2. The molecular weight excluding hydrogens is 237 g/mol. The maximum atomic E-state index is 13.4. The maximum Gasteiger partial charge on any atom is 0.123 e. The third-order valence-electron chi connectivity index (χ3n) is 3.89. The molecule has 0 radical (unpaired) electrons. The van der Waals surface area contributed by atoms with Gasteiger partial charge in [-0.25, -0.2) is 4.39 Å². The van der Waals surface area contributed by atoms with Gasteiger partial charge in [0.25, 0.3) is 0 Å². The lowest BCUT2D eigenvalue weighted by atomic mass is 9.85. The van der Waals surface area contributed by atoms with Crippen molar-refractivity contribution in [3.05, 3.63) is 58.9 Å². The summed E-state index contributed by atoms with van der Waals surface area (Å²) in [5, 5.41) is 0. The van der Waals surface area contributed by atoms with E-state index in [-0.39, 0.29) is 17.3 Å². The molecule has 0 aliphatic heterocycles. The largest absolute Gasteiger partial charge is 0.320 e. The molecule has 0 spiro atoms. The van der Waals surface area contributed by atoms with E-state index in [9.17, 15) is 4.39 Å². The molecule has 3 rings (SSSR count). The molecule has 19 heavy (non-hydrogen) atoms. The first-order chi connectivity index (χ1) is 8.88. The summed E-state index contributed by atoms with van der Waals surface area (Å²) < 4.78 is 13.4. The van der Waals surface area contributed by atoms with Crippen molar-refractivity contribution in [2.24, 2.45) is 5.73 Å². The highest BCUT2D eigenvalue weighted by atomic mass is 19.1. The zero-order valence-electron chi connectivity index (χ0n) is 11.5. The normalized spacial score (nSPS) is 17.2. The minimum atomic E-state index is -0.224. The van der Waals surface area contributed by atoms with Crippen LogP contribution in [0.25, 0.3) is 11.1 Å². The van der Waals surface area contributed by atoms with Gasteiger partial charge in [0.05, 0.1) is 6.04 Å². The van der Waals surface area contributed by atoms with E-state index in [0.717, 1.165) is 22.3 Å². The topological polar surface area (TPSA) is 26.0 Å². The Morgan fingerprint density at radius 2 is 1.53 bits per heavy atom. The van der Waals surface area contributed by atoms with Crippen LogP contribution >= 0.6 is 0 Å². The van der Waals surface area contributed by atoms with Crippen molar-refractivity contribution in [1.29, 1.82) is 0 Å². The minimum Gasteiger partial charge on any atom is -0.320 e. The Bertz CT molecular complexity index is 653. The molecule has 0 aromatic heterocycles. The van der Waals surface area contributed by atoms with E-state index in [4.69, 9.17) is 5.73 Å². The van der Waals surface area contributed by atoms with Crippen LogP contribution in [-0.2, 0) is 5.41 Å². The van der Waals surface area contributed by atoms with Crippen LogP contribution in [0.3, 0.4) is 0 Å². The van der Waals surface area contributed by atoms with Crippen LogP contribution in [0.2, 0.25) is 0 Å². The number of rotatable bonds is 0. The summed E-state index contributed by atoms with van der Waals surface area (Å²) in [6.45, 7) is 6.55. The van der Waals surface area contributed by atoms with Gasteiger partial charge in [-0.3, -0.25) is 0 Å². The number of halogens is 1. The van der Waals surface area contributed by atoms with Gasteiger partial charge < -0.3 is 5.73 Å². The molecule has 2 heteroatoms. The predicted molar refractivity (Wildman–Crippen MR) is 76.6 cm³/mol. The Hall–Kier alpha value is -1.67. The lowest BCUT2D eigenvalue weighted by Gasteiger charge is -2.20. The molecule has 0 heterocycles. The van der Waals surface area contributed by atoms with Crippen LogP contribution < -0.4 is 5.73 Å². The van der Waals surface area contributed by atoms with Gasteiger partial charge in [-0.1, -0.05) is 45.0 Å². The predicted octanol–water partition coefficient (Wildman–Crippen LogP) is 4.15. The van der Waals surface area contributed by atoms with Crippen molar-refractivity contribution in [2.45, 2.75) is 32.2 Å². The van der Waals surface area contributed by atoms with Crippen LogP contribution in [0.1, 0.15) is 43.5 Å². The van der Waals surface area contributed by atoms with Gasteiger partial charge in [0, 0.05) is 0 Å². The number of fused-ring (bicyclic) bond motifs is 3. The van der Waals surface area contributed by atoms with Crippen molar-refractivity contribution >= 4 is 0 Å². The van der Waals surface area contributed by atoms with Crippen molar-refractivity contribution < 1.29 is 4.39 Å². The van der Waals surface area contributed by atoms with Crippen LogP contribution in [-0.4, -0.2) is 0 Å². The average Bonchev–Trinajstić information content (AvgIpc) is 2.62. The van der Waals surface area contributed by atoms with E-state index in [2.05, 4.69) is 39.0 Å². The zero-order chi connectivity index (χ0) is 13.8. The summed E-state index contributed by atoms with van der Waals surface area (Å²) >= 11 is 0. The third-order valence-corrected chi connectivity index (χ3v) is 3.89. The lowest BCUT2D eigenvalue weighted by Crippen LogP contribution is -2.13. The molecule has 1 aliphatic carbocycles. The zero-order valence-corrected chi connectivity index (χ0v) is 11.5. The summed E-state index contributed by atoms with van der Waals surface area (Å²) in [7, 11) is 0. The quantitative estimate of drug-likeness (QED) is 0.752. The standard InChI is InChI=1S/C17H18FN/c1-17(2,3)10-4-6-12-13-7-5-11(18)9-15(13)16(19)14(12)8-10/h4-9,16H,19H2,1-3H3. The molecule has 0 saturated heterocycles. The fourth-order valence-corrected chi connectivity index (χ4v) is 2.74. The van der Waals surface area contributed by atoms with Crippen LogP contribution in [0.4, 0.5) is 4.39 Å². The second-order valence-electron chi connectivity index (χ2n) is 6.26. The van der Waals surface area contributed by atoms with Crippen molar-refractivity contribution in [2.75, 3.05) is 0 Å². The molecule has 2 N–H and O–H groups in total. The molecule has 1 atom stereocenters. The van der Waals surface area contributed by atoms with Gasteiger partial charge in [-0.15, -0.1) is 0 Å².